The maximum atomic E-state index is 10.7. The summed E-state index contributed by atoms with van der Waals surface area (Å²) in [7, 11) is 1.26. The Morgan fingerprint density at radius 3 is 3.07 bits per heavy atom. The highest BCUT2D eigenvalue weighted by Crippen LogP contribution is 2.16. The van der Waals surface area contributed by atoms with E-state index >= 15 is 0 Å². The van der Waals surface area contributed by atoms with Crippen molar-refractivity contribution in [2.75, 3.05) is 7.11 Å². The molecule has 5 heteroatoms. The normalized spacial score (nSPS) is 8.79. The van der Waals surface area contributed by atoms with Crippen molar-refractivity contribution in [1.29, 1.82) is 0 Å². The molecule has 0 atom stereocenters. The van der Waals surface area contributed by atoms with E-state index in [4.69, 9.17) is 11.6 Å². The minimum absolute atomic E-state index is 0.254. The molecule has 0 saturated heterocycles. The van der Waals surface area contributed by atoms with E-state index in [1.165, 1.54) is 7.11 Å². The Kier molecular flexibility index (Phi) is 3.93. The van der Waals surface area contributed by atoms with Gasteiger partial charge in [0.05, 0.1) is 12.7 Å². The summed E-state index contributed by atoms with van der Waals surface area (Å²) in [6.45, 7) is 0. The number of hydrogen-bond donors (Lipinski definition) is 0. The lowest BCUT2D eigenvalue weighted by atomic mass is 10.3. The van der Waals surface area contributed by atoms with Crippen LogP contribution in [-0.2, 0) is 9.53 Å². The molecule has 1 aromatic heterocycles. The number of carbonyl (C=O) groups excluding carboxylic acids is 1. The van der Waals surface area contributed by atoms with Gasteiger partial charge in [-0.15, -0.1) is 0 Å². The van der Waals surface area contributed by atoms with E-state index in [1.54, 1.807) is 12.3 Å². The molecule has 1 aromatic rings. The molecular formula is C9H5BrClNO2. The lowest BCUT2D eigenvalue weighted by Gasteiger charge is -1.94. The van der Waals surface area contributed by atoms with Crippen molar-refractivity contribution in [3.05, 3.63) is 27.5 Å². The van der Waals surface area contributed by atoms with Crippen molar-refractivity contribution in [2.45, 2.75) is 0 Å². The van der Waals surface area contributed by atoms with Crippen molar-refractivity contribution >= 4 is 33.5 Å². The molecule has 0 bridgehead atoms. The highest BCUT2D eigenvalue weighted by Gasteiger charge is 1.99. The zero-order valence-corrected chi connectivity index (χ0v) is 9.52. The van der Waals surface area contributed by atoms with Gasteiger partial charge in [0, 0.05) is 16.6 Å². The fraction of sp³-hybridized carbons (Fsp3) is 0.111. The number of esters is 1. The first-order chi connectivity index (χ1) is 6.63. The predicted molar refractivity (Wildman–Crippen MR) is 55.8 cm³/mol. The third kappa shape index (κ3) is 3.02. The van der Waals surface area contributed by atoms with Gasteiger partial charge in [0.25, 0.3) is 0 Å². The lowest BCUT2D eigenvalue weighted by molar-refractivity contribution is -0.133. The van der Waals surface area contributed by atoms with Crippen LogP contribution in [0.2, 0.25) is 5.15 Å². The van der Waals surface area contributed by atoms with Gasteiger partial charge in [-0.05, 0) is 22.0 Å². The molecule has 0 spiro atoms. The van der Waals surface area contributed by atoms with Crippen LogP contribution in [0.5, 0.6) is 0 Å². The summed E-state index contributed by atoms with van der Waals surface area (Å²) < 4.78 is 5.10. The van der Waals surface area contributed by atoms with E-state index in [1.807, 2.05) is 0 Å². The quantitative estimate of drug-likeness (QED) is 0.413. The Hall–Kier alpha value is -1.05. The molecule has 1 heterocycles. The van der Waals surface area contributed by atoms with Gasteiger partial charge in [0.15, 0.2) is 0 Å². The average molecular weight is 275 g/mol. The van der Waals surface area contributed by atoms with Crippen LogP contribution in [0.15, 0.2) is 16.7 Å². The molecule has 0 aliphatic carbocycles. The van der Waals surface area contributed by atoms with Crippen molar-refractivity contribution in [1.82, 2.24) is 4.98 Å². The number of halogens is 2. The molecule has 0 aromatic carbocycles. The SMILES string of the molecule is COC(=O)C#Cc1cc(Br)cnc1Cl. The van der Waals surface area contributed by atoms with Crippen LogP contribution in [0.4, 0.5) is 0 Å². The number of carbonyl (C=O) groups is 1. The van der Waals surface area contributed by atoms with E-state index in [9.17, 15) is 4.79 Å². The van der Waals surface area contributed by atoms with Crippen molar-refractivity contribution in [2.24, 2.45) is 0 Å². The molecular weight excluding hydrogens is 269 g/mol. The number of nitrogens with zero attached hydrogens (tertiary/aromatic N) is 1. The second-order valence-electron chi connectivity index (χ2n) is 2.23. The number of methoxy groups -OCH3 is 1. The standard InChI is InChI=1S/C9H5BrClNO2/c1-14-8(13)3-2-6-4-7(10)5-12-9(6)11/h4-5H,1H3. The van der Waals surface area contributed by atoms with Gasteiger partial charge >= 0.3 is 5.97 Å². The third-order valence-electron chi connectivity index (χ3n) is 1.29. The molecule has 72 valence electrons. The number of pyridine rings is 1. The molecule has 0 radical (unpaired) electrons. The lowest BCUT2D eigenvalue weighted by Crippen LogP contribution is -1.94. The maximum absolute atomic E-state index is 10.7. The molecule has 0 aliphatic rings. The van der Waals surface area contributed by atoms with Crippen LogP contribution in [0.25, 0.3) is 0 Å². The number of hydrogen-bond acceptors (Lipinski definition) is 3. The van der Waals surface area contributed by atoms with Crippen LogP contribution < -0.4 is 0 Å². The Labute approximate surface area is 94.6 Å². The summed E-state index contributed by atoms with van der Waals surface area (Å²) in [6.07, 6.45) is 1.55. The summed E-state index contributed by atoms with van der Waals surface area (Å²) in [5.41, 5.74) is 0.478. The van der Waals surface area contributed by atoms with Gasteiger partial charge in [0.2, 0.25) is 0 Å². The van der Waals surface area contributed by atoms with Gasteiger partial charge in [-0.25, -0.2) is 9.78 Å². The number of ether oxygens (including phenoxy) is 1. The summed E-state index contributed by atoms with van der Waals surface area (Å²) in [5.74, 6) is 4.21. The molecule has 3 nitrogen and oxygen atoms in total. The van der Waals surface area contributed by atoms with E-state index in [0.717, 1.165) is 4.47 Å². The predicted octanol–water partition coefficient (Wildman–Crippen LogP) is 2.02. The van der Waals surface area contributed by atoms with Crippen LogP contribution >= 0.6 is 27.5 Å². The topological polar surface area (TPSA) is 39.2 Å². The van der Waals surface area contributed by atoms with E-state index in [-0.39, 0.29) is 5.15 Å². The van der Waals surface area contributed by atoms with Gasteiger partial charge in [0.1, 0.15) is 5.15 Å². The first-order valence-corrected chi connectivity index (χ1v) is 4.71. The molecule has 0 aliphatic heterocycles. The number of aromatic nitrogens is 1. The van der Waals surface area contributed by atoms with Crippen molar-refractivity contribution < 1.29 is 9.53 Å². The third-order valence-corrected chi connectivity index (χ3v) is 2.03. The fourth-order valence-corrected chi connectivity index (χ4v) is 1.16. The maximum Gasteiger partial charge on any atom is 0.384 e. The highest BCUT2D eigenvalue weighted by atomic mass is 79.9. The molecule has 0 unspecified atom stereocenters. The summed E-state index contributed by atoms with van der Waals surface area (Å²) in [5, 5.41) is 0.254. The van der Waals surface area contributed by atoms with Crippen molar-refractivity contribution in [3.63, 3.8) is 0 Å². The smallest absolute Gasteiger partial charge is 0.384 e. The fourth-order valence-electron chi connectivity index (χ4n) is 0.680. The van der Waals surface area contributed by atoms with E-state index in [0.29, 0.717) is 5.56 Å². The van der Waals surface area contributed by atoms with Gasteiger partial charge in [-0.1, -0.05) is 17.5 Å². The van der Waals surface area contributed by atoms with Crippen LogP contribution in [0.3, 0.4) is 0 Å². The largest absolute Gasteiger partial charge is 0.459 e. The first-order valence-electron chi connectivity index (χ1n) is 3.54. The van der Waals surface area contributed by atoms with Gasteiger partial charge in [-0.2, -0.15) is 0 Å². The van der Waals surface area contributed by atoms with E-state index in [2.05, 4.69) is 37.5 Å². The second-order valence-corrected chi connectivity index (χ2v) is 3.51. The number of rotatable bonds is 0. The minimum atomic E-state index is -0.610. The molecule has 14 heavy (non-hydrogen) atoms. The van der Waals surface area contributed by atoms with Gasteiger partial charge < -0.3 is 4.74 Å². The van der Waals surface area contributed by atoms with Crippen LogP contribution in [-0.4, -0.2) is 18.1 Å². The monoisotopic (exact) mass is 273 g/mol. The Bertz CT molecular complexity index is 423. The average Bonchev–Trinajstić information content (AvgIpc) is 2.19. The van der Waals surface area contributed by atoms with E-state index < -0.39 is 5.97 Å². The first kappa shape index (κ1) is 11.0. The Morgan fingerprint density at radius 1 is 1.71 bits per heavy atom. The zero-order chi connectivity index (χ0) is 10.6. The summed E-state index contributed by atoms with van der Waals surface area (Å²) in [4.78, 5) is 14.6. The molecule has 0 fully saturated rings. The molecule has 1 rings (SSSR count). The van der Waals surface area contributed by atoms with Crippen LogP contribution in [0, 0.1) is 11.8 Å². The Balaban J connectivity index is 3.00. The highest BCUT2D eigenvalue weighted by molar-refractivity contribution is 9.10. The molecule has 0 saturated carbocycles. The summed E-state index contributed by atoms with van der Waals surface area (Å²) in [6, 6.07) is 1.67. The Morgan fingerprint density at radius 2 is 2.43 bits per heavy atom. The second kappa shape index (κ2) is 4.99. The minimum Gasteiger partial charge on any atom is -0.459 e. The zero-order valence-electron chi connectivity index (χ0n) is 7.17. The summed E-state index contributed by atoms with van der Waals surface area (Å²) >= 11 is 8.95. The van der Waals surface area contributed by atoms with Crippen molar-refractivity contribution in [3.8, 4) is 11.8 Å². The van der Waals surface area contributed by atoms with Gasteiger partial charge in [-0.3, -0.25) is 0 Å². The molecule has 0 N–H and O–H groups in total. The van der Waals surface area contributed by atoms with Crippen LogP contribution in [0.1, 0.15) is 5.56 Å². The molecule has 0 amide bonds.